The van der Waals surface area contributed by atoms with Crippen LogP contribution in [0, 0.1) is 10.1 Å². The molecule has 0 spiro atoms. The highest BCUT2D eigenvalue weighted by Gasteiger charge is 2.33. The van der Waals surface area contributed by atoms with E-state index in [0.717, 1.165) is 0 Å². The van der Waals surface area contributed by atoms with Crippen LogP contribution in [-0.2, 0) is 14.3 Å². The molecule has 0 heterocycles. The Morgan fingerprint density at radius 1 is 1.10 bits per heavy atom. The van der Waals surface area contributed by atoms with Gasteiger partial charge in [-0.25, -0.2) is 9.59 Å². The Hall–Kier alpha value is -3.42. The van der Waals surface area contributed by atoms with Crippen LogP contribution in [0.1, 0.15) is 34.6 Å². The van der Waals surface area contributed by atoms with Gasteiger partial charge >= 0.3 is 12.1 Å². The number of para-hydroxylation sites is 1. The number of nitro benzene ring substituents is 1. The predicted octanol–water partition coefficient (Wildman–Crippen LogP) is 4.95. The number of benzene rings is 2. The smallest absolute Gasteiger partial charge is 0.415 e. The molecule has 2 aromatic carbocycles. The second-order valence-electron chi connectivity index (χ2n) is 7.60. The fourth-order valence-electron chi connectivity index (χ4n) is 2.83. The first kappa shape index (κ1) is 22.9. The lowest BCUT2D eigenvalue weighted by Crippen LogP contribution is -2.47. The van der Waals surface area contributed by atoms with Gasteiger partial charge in [-0.1, -0.05) is 18.2 Å². The first-order valence-electron chi connectivity index (χ1n) is 9.58. The van der Waals surface area contributed by atoms with Crippen LogP contribution >= 0.6 is 0 Å². The average molecular weight is 414 g/mol. The van der Waals surface area contributed by atoms with Gasteiger partial charge in [-0.2, -0.15) is 0 Å². The molecule has 0 bridgehead atoms. The minimum Gasteiger partial charge on any atom is -0.464 e. The van der Waals surface area contributed by atoms with Crippen LogP contribution in [0.25, 0.3) is 11.1 Å². The number of non-ortho nitro benzene ring substituents is 1. The summed E-state index contributed by atoms with van der Waals surface area (Å²) in [5.74, 6) is -0.568. The first-order chi connectivity index (χ1) is 14.0. The van der Waals surface area contributed by atoms with Crippen LogP contribution in [-0.4, -0.2) is 35.2 Å². The van der Waals surface area contributed by atoms with Crippen LogP contribution in [0.3, 0.4) is 0 Å². The third kappa shape index (κ3) is 5.56. The molecule has 0 radical (unpaired) electrons. The van der Waals surface area contributed by atoms with Crippen molar-refractivity contribution < 1.29 is 24.0 Å². The number of carbonyl (C=O) groups excluding carboxylic acids is 2. The van der Waals surface area contributed by atoms with E-state index in [2.05, 4.69) is 0 Å². The van der Waals surface area contributed by atoms with Gasteiger partial charge in [0, 0.05) is 17.7 Å². The van der Waals surface area contributed by atoms with Crippen molar-refractivity contribution in [1.82, 2.24) is 0 Å². The number of amides is 1. The van der Waals surface area contributed by atoms with Crippen molar-refractivity contribution in [2.45, 2.75) is 46.3 Å². The number of rotatable bonds is 6. The zero-order chi connectivity index (χ0) is 22.5. The molecule has 0 aliphatic heterocycles. The van der Waals surface area contributed by atoms with E-state index in [1.165, 1.54) is 17.0 Å². The zero-order valence-electron chi connectivity index (χ0n) is 17.7. The number of carbonyl (C=O) groups is 2. The molecular formula is C22H26N2O6. The van der Waals surface area contributed by atoms with Gasteiger partial charge in [-0.3, -0.25) is 15.0 Å². The summed E-state index contributed by atoms with van der Waals surface area (Å²) in [6, 6.07) is 12.0. The SMILES string of the molecule is CCOC(=O)[C@H](C)N(C(=O)OC(C)(C)C)c1ccccc1-c1ccc([N+](=O)[O-])cc1. The number of esters is 1. The molecule has 0 aliphatic rings. The summed E-state index contributed by atoms with van der Waals surface area (Å²) in [5, 5.41) is 11.0. The van der Waals surface area contributed by atoms with Crippen molar-refractivity contribution in [1.29, 1.82) is 0 Å². The van der Waals surface area contributed by atoms with Crippen LogP contribution in [0.4, 0.5) is 16.2 Å². The predicted molar refractivity (Wildman–Crippen MR) is 113 cm³/mol. The van der Waals surface area contributed by atoms with Gasteiger partial charge in [-0.05, 0) is 58.4 Å². The van der Waals surface area contributed by atoms with Crippen molar-refractivity contribution in [2.24, 2.45) is 0 Å². The molecule has 0 aromatic heterocycles. The minimum absolute atomic E-state index is 0.0416. The fraction of sp³-hybridized carbons (Fsp3) is 0.364. The standard InChI is InChI=1S/C22H26N2O6/c1-6-29-20(25)15(2)23(21(26)30-22(3,4)5)19-10-8-7-9-18(19)16-11-13-17(14-12-16)24(27)28/h7-15H,6H2,1-5H3/t15-/m0/s1. The highest BCUT2D eigenvalue weighted by molar-refractivity contribution is 5.99. The Kier molecular flexibility index (Phi) is 7.15. The molecular weight excluding hydrogens is 388 g/mol. The summed E-state index contributed by atoms with van der Waals surface area (Å²) < 4.78 is 10.6. The van der Waals surface area contributed by atoms with Gasteiger partial charge in [0.2, 0.25) is 0 Å². The summed E-state index contributed by atoms with van der Waals surface area (Å²) in [4.78, 5) is 37.2. The van der Waals surface area contributed by atoms with E-state index < -0.39 is 28.6 Å². The molecule has 0 fully saturated rings. The minimum atomic E-state index is -0.945. The fourth-order valence-corrected chi connectivity index (χ4v) is 2.83. The third-order valence-corrected chi connectivity index (χ3v) is 4.16. The van der Waals surface area contributed by atoms with Gasteiger partial charge in [0.15, 0.2) is 0 Å². The summed E-state index contributed by atoms with van der Waals surface area (Å²) in [5.41, 5.74) is 0.892. The number of ether oxygens (including phenoxy) is 2. The van der Waals surface area contributed by atoms with Crippen molar-refractivity contribution in [2.75, 3.05) is 11.5 Å². The van der Waals surface area contributed by atoms with E-state index in [1.54, 1.807) is 71.0 Å². The molecule has 8 nitrogen and oxygen atoms in total. The topological polar surface area (TPSA) is 99.0 Å². The highest BCUT2D eigenvalue weighted by Crippen LogP contribution is 2.34. The molecule has 8 heteroatoms. The molecule has 1 amide bonds. The summed E-state index contributed by atoms with van der Waals surface area (Å²) in [6.45, 7) is 8.64. The van der Waals surface area contributed by atoms with Crippen LogP contribution in [0.15, 0.2) is 48.5 Å². The monoisotopic (exact) mass is 414 g/mol. The quantitative estimate of drug-likeness (QED) is 0.376. The molecule has 0 aliphatic carbocycles. The maximum Gasteiger partial charge on any atom is 0.415 e. The van der Waals surface area contributed by atoms with Crippen molar-refractivity contribution in [3.8, 4) is 11.1 Å². The number of nitrogens with zero attached hydrogens (tertiary/aromatic N) is 2. The molecule has 0 N–H and O–H groups in total. The van der Waals surface area contributed by atoms with Gasteiger partial charge in [0.25, 0.3) is 5.69 Å². The van der Waals surface area contributed by atoms with Crippen LogP contribution in [0.2, 0.25) is 0 Å². The highest BCUT2D eigenvalue weighted by atomic mass is 16.6. The van der Waals surface area contributed by atoms with Gasteiger partial charge in [0.1, 0.15) is 11.6 Å². The number of anilines is 1. The van der Waals surface area contributed by atoms with Gasteiger partial charge in [-0.15, -0.1) is 0 Å². The Balaban J connectivity index is 2.56. The molecule has 0 saturated heterocycles. The van der Waals surface area contributed by atoms with Gasteiger partial charge < -0.3 is 9.47 Å². The second-order valence-corrected chi connectivity index (χ2v) is 7.60. The van der Waals surface area contributed by atoms with E-state index in [1.807, 2.05) is 0 Å². The Morgan fingerprint density at radius 2 is 1.70 bits per heavy atom. The van der Waals surface area contributed by atoms with E-state index >= 15 is 0 Å². The third-order valence-electron chi connectivity index (χ3n) is 4.16. The number of nitro groups is 1. The normalized spacial score (nSPS) is 12.0. The van der Waals surface area contributed by atoms with Crippen LogP contribution in [0.5, 0.6) is 0 Å². The zero-order valence-corrected chi connectivity index (χ0v) is 17.7. The van der Waals surface area contributed by atoms with Crippen molar-refractivity contribution in [3.05, 3.63) is 58.6 Å². The first-order valence-corrected chi connectivity index (χ1v) is 9.58. The average Bonchev–Trinajstić information content (AvgIpc) is 2.67. The lowest BCUT2D eigenvalue weighted by Gasteiger charge is -2.32. The molecule has 2 aromatic rings. The van der Waals surface area contributed by atoms with E-state index in [0.29, 0.717) is 16.8 Å². The summed E-state index contributed by atoms with van der Waals surface area (Å²) >= 11 is 0. The largest absolute Gasteiger partial charge is 0.464 e. The van der Waals surface area contributed by atoms with Gasteiger partial charge in [0.05, 0.1) is 17.2 Å². The van der Waals surface area contributed by atoms with E-state index in [-0.39, 0.29) is 12.3 Å². The Bertz CT molecular complexity index is 918. The number of hydrogen-bond donors (Lipinski definition) is 0. The Morgan fingerprint density at radius 3 is 2.23 bits per heavy atom. The van der Waals surface area contributed by atoms with Crippen molar-refractivity contribution >= 4 is 23.4 Å². The lowest BCUT2D eigenvalue weighted by molar-refractivity contribution is -0.384. The van der Waals surface area contributed by atoms with Crippen molar-refractivity contribution in [3.63, 3.8) is 0 Å². The van der Waals surface area contributed by atoms with E-state index in [9.17, 15) is 19.7 Å². The molecule has 0 saturated carbocycles. The van der Waals surface area contributed by atoms with E-state index in [4.69, 9.17) is 9.47 Å². The maximum atomic E-state index is 13.0. The maximum absolute atomic E-state index is 13.0. The summed E-state index contributed by atoms with van der Waals surface area (Å²) in [7, 11) is 0. The molecule has 1 atom stereocenters. The number of hydrogen-bond acceptors (Lipinski definition) is 6. The van der Waals surface area contributed by atoms with Crippen LogP contribution < -0.4 is 4.90 Å². The molecule has 0 unspecified atom stereocenters. The molecule has 2 rings (SSSR count). The Labute approximate surface area is 175 Å². The molecule has 30 heavy (non-hydrogen) atoms. The molecule has 160 valence electrons. The lowest BCUT2D eigenvalue weighted by atomic mass is 10.0. The summed E-state index contributed by atoms with van der Waals surface area (Å²) in [6.07, 6.45) is -0.697. The second kappa shape index (κ2) is 9.39.